The van der Waals surface area contributed by atoms with E-state index in [4.69, 9.17) is 10.5 Å². The Bertz CT molecular complexity index is 1310. The van der Waals surface area contributed by atoms with Crippen LogP contribution in [0, 0.1) is 23.4 Å². The molecule has 1 aliphatic carbocycles. The number of anilines is 1. The van der Waals surface area contributed by atoms with Crippen molar-refractivity contribution < 1.29 is 31.8 Å². The first-order valence-electron chi connectivity index (χ1n) is 12.8. The summed E-state index contributed by atoms with van der Waals surface area (Å²) in [6, 6.07) is 5.74. The van der Waals surface area contributed by atoms with Crippen molar-refractivity contribution in [1.82, 2.24) is 9.97 Å². The number of pyridine rings is 2. The first kappa shape index (κ1) is 27.3. The SMILES string of the molecule is C[C@H]1CN(c2ccncc2CCc2ccc(F)c(-c3c(F)cc(OC4CC(F)(F)C4)cc3F)n2)C[C@@H](N)[C@@H]1O. The second-order valence-electron chi connectivity index (χ2n) is 10.4. The normalized spacial score (nSPS) is 23.0. The van der Waals surface area contributed by atoms with Crippen molar-refractivity contribution in [3.63, 3.8) is 0 Å². The second kappa shape index (κ2) is 10.7. The predicted molar refractivity (Wildman–Crippen MR) is 135 cm³/mol. The van der Waals surface area contributed by atoms with Crippen LogP contribution in [0.4, 0.5) is 27.6 Å². The van der Waals surface area contributed by atoms with E-state index in [-0.39, 0.29) is 11.7 Å². The van der Waals surface area contributed by atoms with Crippen molar-refractivity contribution >= 4 is 5.69 Å². The van der Waals surface area contributed by atoms with Crippen LogP contribution in [0.5, 0.6) is 5.75 Å². The first-order chi connectivity index (χ1) is 18.5. The van der Waals surface area contributed by atoms with E-state index in [1.165, 1.54) is 6.07 Å². The topological polar surface area (TPSA) is 84.5 Å². The molecule has 0 unspecified atom stereocenters. The average Bonchev–Trinajstić information content (AvgIpc) is 2.86. The Kier molecular flexibility index (Phi) is 7.47. The molecule has 208 valence electrons. The third-order valence-corrected chi connectivity index (χ3v) is 7.34. The van der Waals surface area contributed by atoms with Crippen LogP contribution < -0.4 is 15.4 Å². The largest absolute Gasteiger partial charge is 0.490 e. The second-order valence-corrected chi connectivity index (χ2v) is 10.4. The molecule has 11 heteroatoms. The van der Waals surface area contributed by atoms with E-state index in [0.717, 1.165) is 29.4 Å². The lowest BCUT2D eigenvalue weighted by Gasteiger charge is -2.40. The number of rotatable bonds is 7. The molecule has 3 atom stereocenters. The molecule has 3 aromatic rings. The zero-order valence-corrected chi connectivity index (χ0v) is 21.3. The van der Waals surface area contributed by atoms with Gasteiger partial charge in [-0.25, -0.2) is 26.9 Å². The van der Waals surface area contributed by atoms with Gasteiger partial charge in [0.1, 0.15) is 35.0 Å². The number of nitrogens with two attached hydrogens (primary N) is 1. The van der Waals surface area contributed by atoms with Crippen LogP contribution in [0.15, 0.2) is 42.7 Å². The predicted octanol–water partition coefficient (Wildman–Crippen LogP) is 4.67. The minimum atomic E-state index is -2.84. The number of benzene rings is 1. The fraction of sp³-hybridized carbons (Fsp3) is 0.429. The maximum atomic E-state index is 14.9. The minimum Gasteiger partial charge on any atom is -0.490 e. The van der Waals surface area contributed by atoms with Crippen LogP contribution in [-0.4, -0.2) is 52.3 Å². The van der Waals surface area contributed by atoms with E-state index in [2.05, 4.69) is 14.9 Å². The third-order valence-electron chi connectivity index (χ3n) is 7.34. The lowest BCUT2D eigenvalue weighted by atomic mass is 9.91. The van der Waals surface area contributed by atoms with Gasteiger partial charge in [0.25, 0.3) is 5.92 Å². The molecule has 0 spiro atoms. The number of nitrogens with zero attached hydrogens (tertiary/aromatic N) is 3. The van der Waals surface area contributed by atoms with Gasteiger partial charge in [0.15, 0.2) is 0 Å². The van der Waals surface area contributed by atoms with Crippen LogP contribution in [0.25, 0.3) is 11.3 Å². The van der Waals surface area contributed by atoms with Crippen molar-refractivity contribution in [3.05, 3.63) is 71.4 Å². The number of aliphatic hydroxyl groups excluding tert-OH is 1. The Hall–Kier alpha value is -3.31. The lowest BCUT2D eigenvalue weighted by Crippen LogP contribution is -2.55. The van der Waals surface area contributed by atoms with Crippen LogP contribution in [0.2, 0.25) is 0 Å². The van der Waals surface area contributed by atoms with Crippen molar-refractivity contribution in [3.8, 4) is 17.0 Å². The molecule has 1 aliphatic heterocycles. The summed E-state index contributed by atoms with van der Waals surface area (Å²) in [6.07, 6.45) is 1.71. The molecule has 1 saturated heterocycles. The Morgan fingerprint density at radius 1 is 1.05 bits per heavy atom. The molecule has 2 fully saturated rings. The molecule has 39 heavy (non-hydrogen) atoms. The standard InChI is InChI=1S/C28H29F5N4O2/c1-15-13-37(14-23(34)27(15)38)24-6-7-35-12-16(24)2-3-17-4-5-20(29)26(36-17)25-21(30)8-18(9-22(25)31)39-19-10-28(32,33)11-19/h4-9,12,15,19,23,27,38H,2-3,10-11,13-14,34H2,1H3/t15-,23+,27+/m0/s1. The van der Waals surface area contributed by atoms with Crippen LogP contribution in [0.1, 0.15) is 31.0 Å². The van der Waals surface area contributed by atoms with Gasteiger partial charge < -0.3 is 20.5 Å². The van der Waals surface area contributed by atoms with E-state index >= 15 is 0 Å². The quantitative estimate of drug-likeness (QED) is 0.418. The zero-order chi connectivity index (χ0) is 27.9. The molecule has 6 nitrogen and oxygen atoms in total. The van der Waals surface area contributed by atoms with Gasteiger partial charge in [-0.2, -0.15) is 0 Å². The van der Waals surface area contributed by atoms with E-state index in [1.54, 1.807) is 12.4 Å². The summed E-state index contributed by atoms with van der Waals surface area (Å²) in [4.78, 5) is 10.5. The van der Waals surface area contributed by atoms with Gasteiger partial charge in [0, 0.05) is 73.8 Å². The van der Waals surface area contributed by atoms with Crippen LogP contribution >= 0.6 is 0 Å². The molecular weight excluding hydrogens is 519 g/mol. The number of alkyl halides is 2. The zero-order valence-electron chi connectivity index (χ0n) is 21.3. The van der Waals surface area contributed by atoms with Gasteiger partial charge in [-0.05, 0) is 36.6 Å². The maximum absolute atomic E-state index is 14.9. The highest BCUT2D eigenvalue weighted by atomic mass is 19.3. The summed E-state index contributed by atoms with van der Waals surface area (Å²) in [5, 5.41) is 10.2. The summed E-state index contributed by atoms with van der Waals surface area (Å²) in [6.45, 7) is 3.03. The minimum absolute atomic E-state index is 0.0210. The van der Waals surface area contributed by atoms with Crippen molar-refractivity contribution in [2.45, 2.75) is 56.8 Å². The van der Waals surface area contributed by atoms with Crippen LogP contribution in [0.3, 0.4) is 0 Å². The molecule has 0 radical (unpaired) electrons. The van der Waals surface area contributed by atoms with Crippen molar-refractivity contribution in [2.75, 3.05) is 18.0 Å². The molecule has 2 aliphatic rings. The van der Waals surface area contributed by atoms with Gasteiger partial charge in [-0.15, -0.1) is 0 Å². The molecule has 5 rings (SSSR count). The number of aromatic nitrogens is 2. The number of piperidine rings is 1. The van der Waals surface area contributed by atoms with Gasteiger partial charge >= 0.3 is 0 Å². The summed E-state index contributed by atoms with van der Waals surface area (Å²) >= 11 is 0. The molecule has 1 saturated carbocycles. The van der Waals surface area contributed by atoms with E-state index in [9.17, 15) is 27.1 Å². The molecular formula is C28H29F5N4O2. The van der Waals surface area contributed by atoms with Crippen LogP contribution in [-0.2, 0) is 12.8 Å². The highest BCUT2D eigenvalue weighted by Gasteiger charge is 2.47. The Morgan fingerprint density at radius 3 is 2.44 bits per heavy atom. The van der Waals surface area contributed by atoms with Crippen molar-refractivity contribution in [2.24, 2.45) is 11.7 Å². The highest BCUT2D eigenvalue weighted by Crippen LogP contribution is 2.40. The first-order valence-corrected chi connectivity index (χ1v) is 12.8. The Balaban J connectivity index is 1.33. The smallest absolute Gasteiger partial charge is 0.255 e. The molecule has 3 heterocycles. The number of hydrogen-bond donors (Lipinski definition) is 2. The van der Waals surface area contributed by atoms with Gasteiger partial charge in [-0.3, -0.25) is 4.98 Å². The number of aliphatic hydroxyl groups is 1. The third kappa shape index (κ3) is 5.84. The Morgan fingerprint density at radius 2 is 1.77 bits per heavy atom. The number of aryl methyl sites for hydroxylation is 2. The molecule has 0 bridgehead atoms. The van der Waals surface area contributed by atoms with Gasteiger partial charge in [0.2, 0.25) is 0 Å². The monoisotopic (exact) mass is 548 g/mol. The summed E-state index contributed by atoms with van der Waals surface area (Å²) in [5.74, 6) is -6.21. The molecule has 1 aromatic carbocycles. The number of halogens is 5. The fourth-order valence-electron chi connectivity index (χ4n) is 5.22. The van der Waals surface area contributed by atoms with Gasteiger partial charge in [0.05, 0.1) is 11.7 Å². The van der Waals surface area contributed by atoms with Crippen molar-refractivity contribution in [1.29, 1.82) is 0 Å². The summed E-state index contributed by atoms with van der Waals surface area (Å²) < 4.78 is 75.9. The lowest BCUT2D eigenvalue weighted by molar-refractivity contribution is -0.134. The van der Waals surface area contributed by atoms with E-state index in [1.807, 2.05) is 13.0 Å². The summed E-state index contributed by atoms with van der Waals surface area (Å²) in [7, 11) is 0. The molecule has 2 aromatic heterocycles. The summed E-state index contributed by atoms with van der Waals surface area (Å²) in [5.41, 5.74) is 7.20. The molecule has 3 N–H and O–H groups in total. The highest BCUT2D eigenvalue weighted by molar-refractivity contribution is 5.63. The van der Waals surface area contributed by atoms with E-state index in [0.29, 0.717) is 31.6 Å². The fourth-order valence-corrected chi connectivity index (χ4v) is 5.22. The Labute approximate surface area is 222 Å². The molecule has 0 amide bonds. The van der Waals surface area contributed by atoms with E-state index < -0.39 is 65.7 Å². The van der Waals surface area contributed by atoms with Gasteiger partial charge in [-0.1, -0.05) is 6.92 Å². The maximum Gasteiger partial charge on any atom is 0.255 e. The number of ether oxygens (including phenoxy) is 1. The average molecular weight is 549 g/mol. The number of hydrogen-bond acceptors (Lipinski definition) is 6.